The molecule has 1 nitrogen and oxygen atoms in total. The second-order valence-corrected chi connectivity index (χ2v) is 3.88. The molecular weight excluding hydrogens is 208 g/mol. The highest BCUT2D eigenvalue weighted by molar-refractivity contribution is 6.06. The molecule has 84 valence electrons. The van der Waals surface area contributed by atoms with Crippen molar-refractivity contribution in [1.82, 2.24) is 0 Å². The number of carbonyl (C=O) groups excluding carboxylic acids is 1. The van der Waals surface area contributed by atoms with E-state index in [-0.39, 0.29) is 5.78 Å². The van der Waals surface area contributed by atoms with Gasteiger partial charge in [-0.1, -0.05) is 43.3 Å². The van der Waals surface area contributed by atoms with Crippen molar-refractivity contribution in [3.63, 3.8) is 0 Å². The van der Waals surface area contributed by atoms with Gasteiger partial charge in [0.1, 0.15) is 0 Å². The van der Waals surface area contributed by atoms with Crippen molar-refractivity contribution >= 4 is 16.6 Å². The van der Waals surface area contributed by atoms with E-state index < -0.39 is 0 Å². The summed E-state index contributed by atoms with van der Waals surface area (Å²) < 4.78 is 0. The van der Waals surface area contributed by atoms with Gasteiger partial charge in [0.15, 0.2) is 5.78 Å². The number of benzene rings is 2. The first-order chi connectivity index (χ1) is 8.31. The third kappa shape index (κ3) is 2.82. The molecule has 0 aliphatic rings. The van der Waals surface area contributed by atoms with E-state index in [1.54, 1.807) is 0 Å². The molecule has 0 fully saturated rings. The molecule has 0 saturated carbocycles. The molecule has 0 heterocycles. The molecule has 0 saturated heterocycles. The van der Waals surface area contributed by atoms with E-state index in [1.807, 2.05) is 42.5 Å². The highest BCUT2D eigenvalue weighted by Crippen LogP contribution is 2.16. The maximum atomic E-state index is 11.8. The van der Waals surface area contributed by atoms with Crippen molar-refractivity contribution < 1.29 is 4.79 Å². The normalized spacial score (nSPS) is 11.1. The average Bonchev–Trinajstić information content (AvgIpc) is 2.38. The zero-order valence-electron chi connectivity index (χ0n) is 9.65. The van der Waals surface area contributed by atoms with Gasteiger partial charge in [0.25, 0.3) is 0 Å². The highest BCUT2D eigenvalue weighted by Gasteiger charge is 2.02. The van der Waals surface area contributed by atoms with Crippen LogP contribution in [0.1, 0.15) is 23.2 Å². The van der Waals surface area contributed by atoms with Crippen molar-refractivity contribution in [2.75, 3.05) is 0 Å². The fraction of sp³-hybridized carbons (Fsp3) is 0.125. The Balaban J connectivity index is 2.27. The Hall–Kier alpha value is -1.89. The molecule has 0 aromatic heterocycles. The van der Waals surface area contributed by atoms with Crippen LogP contribution >= 0.6 is 0 Å². The lowest BCUT2D eigenvalue weighted by Crippen LogP contribution is -1.93. The van der Waals surface area contributed by atoms with E-state index in [1.165, 1.54) is 6.08 Å². The fourth-order valence-corrected chi connectivity index (χ4v) is 1.69. The lowest BCUT2D eigenvalue weighted by molar-refractivity contribution is 0.104. The summed E-state index contributed by atoms with van der Waals surface area (Å²) in [7, 11) is 0. The lowest BCUT2D eigenvalue weighted by Gasteiger charge is -2.00. The number of rotatable bonds is 4. The van der Waals surface area contributed by atoms with Gasteiger partial charge >= 0.3 is 0 Å². The second kappa shape index (κ2) is 5.44. The molecule has 0 N–H and O–H groups in total. The summed E-state index contributed by atoms with van der Waals surface area (Å²) in [6.07, 6.45) is 5.94. The first kappa shape index (κ1) is 11.6. The third-order valence-corrected chi connectivity index (χ3v) is 2.59. The predicted octanol–water partition coefficient (Wildman–Crippen LogP) is 4.00. The van der Waals surface area contributed by atoms with Crippen LogP contribution in [0.25, 0.3) is 10.8 Å². The maximum Gasteiger partial charge on any atom is 0.186 e. The predicted molar refractivity (Wildman–Crippen MR) is 70.7 cm³/mol. The largest absolute Gasteiger partial charge is 0.289 e. The molecule has 2 aromatic carbocycles. The van der Waals surface area contributed by atoms with Crippen LogP contribution in [0.2, 0.25) is 0 Å². The minimum atomic E-state index is 0.00389. The summed E-state index contributed by atoms with van der Waals surface area (Å²) in [4.78, 5) is 11.8. The van der Waals surface area contributed by atoms with Crippen molar-refractivity contribution in [2.45, 2.75) is 12.8 Å². The standard InChI is InChI=1S/C16H14O/c1-2-3-4-9-16(17)15-11-10-13-7-5-6-8-14(13)12-15/h5-12H,1-3H2. The minimum Gasteiger partial charge on any atom is -0.289 e. The molecule has 2 aromatic rings. The molecule has 0 amide bonds. The summed E-state index contributed by atoms with van der Waals surface area (Å²) in [5.41, 5.74) is 0.709. The Labute approximate surface area is 102 Å². The Morgan fingerprint density at radius 1 is 1.18 bits per heavy atom. The topological polar surface area (TPSA) is 17.1 Å². The van der Waals surface area contributed by atoms with Crippen LogP contribution in [0.15, 0.2) is 48.5 Å². The average molecular weight is 222 g/mol. The second-order valence-electron chi connectivity index (χ2n) is 3.88. The van der Waals surface area contributed by atoms with Crippen molar-refractivity contribution in [3.8, 4) is 0 Å². The van der Waals surface area contributed by atoms with E-state index in [0.29, 0.717) is 5.56 Å². The van der Waals surface area contributed by atoms with Gasteiger partial charge in [-0.05, 0) is 41.8 Å². The summed E-state index contributed by atoms with van der Waals surface area (Å²) in [6, 6.07) is 13.8. The maximum absolute atomic E-state index is 11.8. The highest BCUT2D eigenvalue weighted by atomic mass is 16.1. The van der Waals surface area contributed by atoms with Crippen LogP contribution in [-0.2, 0) is 0 Å². The van der Waals surface area contributed by atoms with Crippen LogP contribution in [0, 0.1) is 13.0 Å². The van der Waals surface area contributed by atoms with Crippen LogP contribution in [0.3, 0.4) is 0 Å². The van der Waals surface area contributed by atoms with Gasteiger partial charge in [-0.25, -0.2) is 0 Å². The van der Waals surface area contributed by atoms with Crippen LogP contribution in [-0.4, -0.2) is 5.78 Å². The van der Waals surface area contributed by atoms with E-state index >= 15 is 0 Å². The molecule has 0 aliphatic carbocycles. The monoisotopic (exact) mass is 222 g/mol. The van der Waals surface area contributed by atoms with Crippen LogP contribution < -0.4 is 0 Å². The molecule has 0 atom stereocenters. The number of unbranched alkanes of at least 4 members (excludes halogenated alkanes) is 1. The van der Waals surface area contributed by atoms with E-state index in [0.717, 1.165) is 23.6 Å². The van der Waals surface area contributed by atoms with E-state index in [4.69, 9.17) is 0 Å². The first-order valence-corrected chi connectivity index (χ1v) is 5.70. The fourth-order valence-electron chi connectivity index (χ4n) is 1.69. The smallest absolute Gasteiger partial charge is 0.186 e. The van der Waals surface area contributed by atoms with Gasteiger partial charge in [0.05, 0.1) is 0 Å². The van der Waals surface area contributed by atoms with Crippen LogP contribution in [0.5, 0.6) is 0 Å². The lowest BCUT2D eigenvalue weighted by atomic mass is 10.0. The van der Waals surface area contributed by atoms with Gasteiger partial charge < -0.3 is 0 Å². The van der Waals surface area contributed by atoms with Crippen molar-refractivity contribution in [2.24, 2.45) is 0 Å². The number of carbonyl (C=O) groups is 1. The Kier molecular flexibility index (Phi) is 3.71. The minimum absolute atomic E-state index is 0.00389. The zero-order chi connectivity index (χ0) is 12.1. The number of allylic oxidation sites excluding steroid dienone is 2. The zero-order valence-corrected chi connectivity index (χ0v) is 9.65. The van der Waals surface area contributed by atoms with Gasteiger partial charge in [0.2, 0.25) is 0 Å². The number of hydrogen-bond donors (Lipinski definition) is 0. The van der Waals surface area contributed by atoms with Crippen LogP contribution in [0.4, 0.5) is 0 Å². The molecule has 0 unspecified atom stereocenters. The number of fused-ring (bicyclic) bond motifs is 1. The summed E-state index contributed by atoms with van der Waals surface area (Å²) in [6.45, 7) is 3.70. The van der Waals surface area contributed by atoms with E-state index in [2.05, 4.69) is 13.0 Å². The van der Waals surface area contributed by atoms with Crippen molar-refractivity contribution in [3.05, 3.63) is 67.1 Å². The number of ketones is 1. The Morgan fingerprint density at radius 3 is 2.71 bits per heavy atom. The Morgan fingerprint density at radius 2 is 1.94 bits per heavy atom. The SMILES string of the molecule is [CH2]CC[C]=CC(=O)c1ccc2ccccc2c1. The quantitative estimate of drug-likeness (QED) is 0.564. The van der Waals surface area contributed by atoms with Crippen molar-refractivity contribution in [1.29, 1.82) is 0 Å². The molecule has 0 aliphatic heterocycles. The molecule has 0 bridgehead atoms. The third-order valence-electron chi connectivity index (χ3n) is 2.59. The van der Waals surface area contributed by atoms with Gasteiger partial charge in [0, 0.05) is 5.56 Å². The first-order valence-electron chi connectivity index (χ1n) is 5.70. The summed E-state index contributed by atoms with van der Waals surface area (Å²) in [5.74, 6) is 0.00389. The van der Waals surface area contributed by atoms with Gasteiger partial charge in [-0.2, -0.15) is 0 Å². The van der Waals surface area contributed by atoms with E-state index in [9.17, 15) is 4.79 Å². The summed E-state index contributed by atoms with van der Waals surface area (Å²) in [5, 5.41) is 2.23. The van der Waals surface area contributed by atoms with Gasteiger partial charge in [-0.3, -0.25) is 4.79 Å². The molecular formula is C16H14O. The molecule has 2 rings (SSSR count). The summed E-state index contributed by atoms with van der Waals surface area (Å²) >= 11 is 0. The van der Waals surface area contributed by atoms with Gasteiger partial charge in [-0.15, -0.1) is 0 Å². The molecule has 0 spiro atoms. The Bertz CT molecular complexity index is 552. The molecule has 17 heavy (non-hydrogen) atoms. The molecule has 2 radical (unpaired) electrons. The number of hydrogen-bond acceptors (Lipinski definition) is 1. The molecule has 1 heteroatoms.